The Bertz CT molecular complexity index is 1160. The monoisotopic (exact) mass is 725 g/mol. The summed E-state index contributed by atoms with van der Waals surface area (Å²) in [6.07, 6.45) is 4.17. The number of alkyl halides is 1. The number of cyclic esters (lactones) is 1. The Hall–Kier alpha value is -1.89. The normalized spacial score (nSPS) is 36.0. The average molecular weight is 726 g/mol. The fourth-order valence-electron chi connectivity index (χ4n) is 6.79. The molecule has 3 aliphatic rings. The summed E-state index contributed by atoms with van der Waals surface area (Å²) in [6.45, 7) is 5.31. The van der Waals surface area contributed by atoms with Crippen LogP contribution in [0, 0.1) is 17.8 Å². The first kappa shape index (κ1) is 35.0. The van der Waals surface area contributed by atoms with E-state index < -0.39 is 65.6 Å². The number of esters is 1. The molecule has 1 aromatic rings. The molecule has 2 bridgehead atoms. The molecule has 9 atom stereocenters. The number of nitrogens with zero attached hydrogens (tertiary/aromatic N) is 1. The van der Waals surface area contributed by atoms with E-state index in [0.29, 0.717) is 57.8 Å². The molecule has 2 N–H and O–H groups in total. The summed E-state index contributed by atoms with van der Waals surface area (Å²) in [4.78, 5) is 55.5. The Morgan fingerprint density at radius 3 is 2.39 bits per heavy atom. The van der Waals surface area contributed by atoms with Crippen LogP contribution in [0.25, 0.3) is 0 Å². The lowest BCUT2D eigenvalue weighted by Crippen LogP contribution is -2.61. The molecule has 3 aliphatic heterocycles. The van der Waals surface area contributed by atoms with Crippen LogP contribution in [0.4, 0.5) is 0 Å². The topological polar surface area (TPSA) is 130 Å². The lowest BCUT2D eigenvalue weighted by Gasteiger charge is -2.44. The van der Waals surface area contributed by atoms with Crippen LogP contribution in [-0.2, 0) is 35.1 Å². The highest BCUT2D eigenvalue weighted by atomic mass is 127. The maximum Gasteiger partial charge on any atom is 0.329 e. The molecule has 0 saturated carbocycles. The number of halogens is 1. The van der Waals surface area contributed by atoms with Gasteiger partial charge in [0.25, 0.3) is 11.7 Å². The van der Waals surface area contributed by atoms with Crippen molar-refractivity contribution in [2.24, 2.45) is 17.8 Å². The number of carbonyl (C=O) groups is 4. The number of aliphatic hydroxyl groups is 2. The second-order valence-electron chi connectivity index (χ2n) is 13.1. The maximum atomic E-state index is 13.7. The summed E-state index contributed by atoms with van der Waals surface area (Å²) >= 11 is 2.32. The second kappa shape index (κ2) is 15.6. The van der Waals surface area contributed by atoms with Gasteiger partial charge >= 0.3 is 5.97 Å². The van der Waals surface area contributed by atoms with Crippen LogP contribution in [0.15, 0.2) is 30.3 Å². The molecule has 0 aliphatic carbocycles. The number of hydrogen-bond donors (Lipinski definition) is 2. The summed E-state index contributed by atoms with van der Waals surface area (Å²) < 4.78 is 12.1. The van der Waals surface area contributed by atoms with E-state index in [0.717, 1.165) is 18.4 Å². The van der Waals surface area contributed by atoms with Crippen LogP contribution in [0.3, 0.4) is 0 Å². The zero-order valence-electron chi connectivity index (χ0n) is 26.2. The van der Waals surface area contributed by atoms with Gasteiger partial charge in [0.2, 0.25) is 5.79 Å². The second-order valence-corrected chi connectivity index (χ2v) is 14.7. The van der Waals surface area contributed by atoms with Gasteiger partial charge in [-0.2, -0.15) is 0 Å². The van der Waals surface area contributed by atoms with E-state index in [4.69, 9.17) is 9.47 Å². The number of benzene rings is 1. The number of Topliss-reactive ketones (excluding diaryl/α,β-unsaturated/α-hetero) is 2. The first-order valence-electron chi connectivity index (χ1n) is 16.3. The molecule has 1 amide bonds. The van der Waals surface area contributed by atoms with Crippen molar-refractivity contribution in [3.05, 3.63) is 35.9 Å². The SMILES string of the molecule is C[C@H]1C2CC[C@@H](C)[C@@](O)(O2)C(=O)C(=O)N2CCCC[C@H]2C(=O)OC(C(I)Cc2ccccc2)CCCCCC(=O)[C@@H](C)C1O. The van der Waals surface area contributed by atoms with Crippen molar-refractivity contribution >= 4 is 46.0 Å². The van der Waals surface area contributed by atoms with Crippen molar-refractivity contribution in [3.8, 4) is 0 Å². The fourth-order valence-corrected chi connectivity index (χ4v) is 7.81. The molecule has 9 nitrogen and oxygen atoms in total. The lowest BCUT2D eigenvalue weighted by molar-refractivity contribution is -0.274. The summed E-state index contributed by atoms with van der Waals surface area (Å²) in [5.74, 6) is -6.93. The summed E-state index contributed by atoms with van der Waals surface area (Å²) in [5.41, 5.74) is 1.12. The minimum atomic E-state index is -2.40. The number of hydrogen-bond acceptors (Lipinski definition) is 8. The van der Waals surface area contributed by atoms with E-state index in [9.17, 15) is 29.4 Å². The van der Waals surface area contributed by atoms with Gasteiger partial charge in [-0.15, -0.1) is 0 Å². The minimum absolute atomic E-state index is 0.0325. The van der Waals surface area contributed by atoms with Crippen molar-refractivity contribution in [3.63, 3.8) is 0 Å². The number of amides is 1. The van der Waals surface area contributed by atoms with Gasteiger partial charge in [0, 0.05) is 30.7 Å². The smallest absolute Gasteiger partial charge is 0.329 e. The highest BCUT2D eigenvalue weighted by molar-refractivity contribution is 14.1. The molecule has 4 rings (SSSR count). The Morgan fingerprint density at radius 1 is 0.955 bits per heavy atom. The van der Waals surface area contributed by atoms with E-state index in [2.05, 4.69) is 22.6 Å². The van der Waals surface area contributed by atoms with E-state index in [-0.39, 0.29) is 16.3 Å². The first-order chi connectivity index (χ1) is 20.9. The Labute approximate surface area is 274 Å². The molecule has 0 spiro atoms. The molecule has 0 radical (unpaired) electrons. The first-order valence-corrected chi connectivity index (χ1v) is 17.5. The van der Waals surface area contributed by atoms with Crippen molar-refractivity contribution in [1.29, 1.82) is 0 Å². The highest BCUT2D eigenvalue weighted by Crippen LogP contribution is 2.38. The molecule has 3 fully saturated rings. The molecule has 44 heavy (non-hydrogen) atoms. The van der Waals surface area contributed by atoms with Crippen LogP contribution in [-0.4, -0.2) is 79.2 Å². The third kappa shape index (κ3) is 8.09. The molecule has 1 aromatic carbocycles. The number of ketones is 2. The summed E-state index contributed by atoms with van der Waals surface area (Å²) in [5, 5.41) is 22.7. The van der Waals surface area contributed by atoms with Gasteiger partial charge in [-0.25, -0.2) is 4.79 Å². The van der Waals surface area contributed by atoms with Crippen molar-refractivity contribution in [2.45, 2.75) is 125 Å². The van der Waals surface area contributed by atoms with E-state index >= 15 is 0 Å². The van der Waals surface area contributed by atoms with E-state index in [1.54, 1.807) is 20.8 Å². The third-order valence-electron chi connectivity index (χ3n) is 9.94. The Balaban J connectivity index is 1.62. The Kier molecular flexibility index (Phi) is 12.4. The predicted molar refractivity (Wildman–Crippen MR) is 173 cm³/mol. The number of carbonyl (C=O) groups excluding carboxylic acids is 4. The summed E-state index contributed by atoms with van der Waals surface area (Å²) in [6, 6.07) is 9.05. The minimum Gasteiger partial charge on any atom is -0.460 e. The van der Waals surface area contributed by atoms with Crippen LogP contribution in [0.1, 0.15) is 90.5 Å². The Morgan fingerprint density at radius 2 is 1.66 bits per heavy atom. The zero-order chi connectivity index (χ0) is 32.0. The maximum absolute atomic E-state index is 13.7. The molecule has 3 saturated heterocycles. The quantitative estimate of drug-likeness (QED) is 0.201. The van der Waals surface area contributed by atoms with E-state index in [1.165, 1.54) is 4.90 Å². The van der Waals surface area contributed by atoms with Crippen LogP contribution in [0.2, 0.25) is 0 Å². The van der Waals surface area contributed by atoms with Gasteiger partial charge in [-0.1, -0.05) is 80.1 Å². The molecular weight excluding hydrogens is 677 g/mol. The van der Waals surface area contributed by atoms with Gasteiger partial charge in [0.1, 0.15) is 17.9 Å². The van der Waals surface area contributed by atoms with Gasteiger partial charge in [0.15, 0.2) is 0 Å². The van der Waals surface area contributed by atoms with Crippen LogP contribution in [0.5, 0.6) is 0 Å². The molecule has 3 heterocycles. The van der Waals surface area contributed by atoms with Crippen molar-refractivity contribution < 1.29 is 38.9 Å². The lowest BCUT2D eigenvalue weighted by atomic mass is 9.79. The largest absolute Gasteiger partial charge is 0.460 e. The molecule has 244 valence electrons. The van der Waals surface area contributed by atoms with Gasteiger partial charge in [-0.3, -0.25) is 14.4 Å². The van der Waals surface area contributed by atoms with Crippen molar-refractivity contribution in [1.82, 2.24) is 4.90 Å². The van der Waals surface area contributed by atoms with E-state index in [1.807, 2.05) is 30.3 Å². The van der Waals surface area contributed by atoms with Gasteiger partial charge in [0.05, 0.1) is 16.1 Å². The number of aliphatic hydroxyl groups excluding tert-OH is 1. The van der Waals surface area contributed by atoms with Gasteiger partial charge < -0.3 is 24.6 Å². The van der Waals surface area contributed by atoms with Crippen LogP contribution < -0.4 is 0 Å². The standard InChI is InChI=1S/C34H48INO8/c1-21-17-18-28-23(3)30(38)22(2)27(37)15-8-5-9-16-29(25(35)20-24-12-6-4-7-13-24)43-33(41)26-14-10-11-19-36(26)32(40)31(39)34(21,42)44-28/h4,6-7,12-13,21-23,25-26,28-30,38,42H,5,8-11,14-20H2,1-3H3/t21-,22-,23+,25?,26+,28?,29?,30?,34-/m1/s1. The molecular formula is C34H48INO8. The number of rotatable bonds is 3. The fraction of sp³-hybridized carbons (Fsp3) is 0.706. The van der Waals surface area contributed by atoms with Crippen molar-refractivity contribution in [2.75, 3.05) is 6.54 Å². The number of ether oxygens (including phenoxy) is 2. The molecule has 4 unspecified atom stereocenters. The van der Waals surface area contributed by atoms with Crippen LogP contribution >= 0.6 is 22.6 Å². The molecule has 10 heteroatoms. The summed E-state index contributed by atoms with van der Waals surface area (Å²) in [7, 11) is 0. The molecule has 0 aromatic heterocycles. The number of fused-ring (bicyclic) bond motifs is 3. The zero-order valence-corrected chi connectivity index (χ0v) is 28.3. The number of piperidine rings is 1. The third-order valence-corrected chi connectivity index (χ3v) is 11.2. The predicted octanol–water partition coefficient (Wildman–Crippen LogP) is 4.56. The average Bonchev–Trinajstić information content (AvgIpc) is 3.03. The van der Waals surface area contributed by atoms with Gasteiger partial charge in [-0.05, 0) is 63.4 Å². The highest BCUT2D eigenvalue weighted by Gasteiger charge is 2.54.